The third-order valence-electron chi connectivity index (χ3n) is 3.80. The Morgan fingerprint density at radius 3 is 2.58 bits per heavy atom. The minimum atomic E-state index is 1.05. The molecule has 0 saturated carbocycles. The highest BCUT2D eigenvalue weighted by Crippen LogP contribution is 2.27. The van der Waals surface area contributed by atoms with Gasteiger partial charge in [-0.25, -0.2) is 4.98 Å². The van der Waals surface area contributed by atoms with Gasteiger partial charge in [0.1, 0.15) is 5.82 Å². The second-order valence-electron chi connectivity index (χ2n) is 5.09. The quantitative estimate of drug-likeness (QED) is 0.891. The van der Waals surface area contributed by atoms with Crippen LogP contribution in [0.3, 0.4) is 0 Å². The molecule has 0 atom stereocenters. The van der Waals surface area contributed by atoms with Crippen LogP contribution < -0.4 is 10.2 Å². The smallest absolute Gasteiger partial charge is 0.131 e. The van der Waals surface area contributed by atoms with Crippen LogP contribution in [0.4, 0.5) is 11.5 Å². The van der Waals surface area contributed by atoms with E-state index < -0.39 is 0 Å². The van der Waals surface area contributed by atoms with Crippen LogP contribution in [0.2, 0.25) is 0 Å². The Morgan fingerprint density at radius 2 is 1.84 bits per heavy atom. The number of anilines is 2. The average molecular weight is 256 g/mol. The lowest BCUT2D eigenvalue weighted by molar-refractivity contribution is 0.312. The van der Waals surface area contributed by atoms with E-state index in [2.05, 4.69) is 46.4 Å². The maximum absolute atomic E-state index is 4.80. The standard InChI is InChI=1S/C15H20N4/c1-16-14-11-15(19-9-7-18(2)8-10-19)17-13-6-4-3-5-12(13)14/h3-6,11H,7-10H2,1-2H3,(H,16,17). The van der Waals surface area contributed by atoms with E-state index in [1.807, 2.05) is 13.1 Å². The fourth-order valence-electron chi connectivity index (χ4n) is 2.57. The molecular formula is C15H20N4. The van der Waals surface area contributed by atoms with Crippen molar-refractivity contribution in [2.24, 2.45) is 0 Å². The van der Waals surface area contributed by atoms with Gasteiger partial charge in [-0.15, -0.1) is 0 Å². The van der Waals surface area contributed by atoms with Crippen LogP contribution in [0, 0.1) is 0 Å². The fourth-order valence-corrected chi connectivity index (χ4v) is 2.57. The highest BCUT2D eigenvalue weighted by molar-refractivity contribution is 5.93. The summed E-state index contributed by atoms with van der Waals surface area (Å²) in [5.41, 5.74) is 2.21. The molecule has 0 unspecified atom stereocenters. The number of benzene rings is 1. The van der Waals surface area contributed by atoms with Crippen molar-refractivity contribution in [1.29, 1.82) is 0 Å². The Kier molecular flexibility index (Phi) is 3.25. The van der Waals surface area contributed by atoms with Crippen LogP contribution in [-0.4, -0.2) is 50.2 Å². The lowest BCUT2D eigenvalue weighted by Crippen LogP contribution is -2.44. The molecule has 1 aromatic carbocycles. The summed E-state index contributed by atoms with van der Waals surface area (Å²) in [6.07, 6.45) is 0. The summed E-state index contributed by atoms with van der Waals surface area (Å²) in [6.45, 7) is 4.29. The van der Waals surface area contributed by atoms with E-state index >= 15 is 0 Å². The van der Waals surface area contributed by atoms with E-state index in [1.165, 1.54) is 5.39 Å². The predicted octanol–water partition coefficient (Wildman–Crippen LogP) is 2.03. The first-order chi connectivity index (χ1) is 9.28. The van der Waals surface area contributed by atoms with Crippen LogP contribution >= 0.6 is 0 Å². The van der Waals surface area contributed by atoms with Gasteiger partial charge in [-0.05, 0) is 13.1 Å². The maximum atomic E-state index is 4.80. The normalized spacial score (nSPS) is 16.8. The lowest BCUT2D eigenvalue weighted by Gasteiger charge is -2.33. The third-order valence-corrected chi connectivity index (χ3v) is 3.80. The van der Waals surface area contributed by atoms with Crippen molar-refractivity contribution < 1.29 is 0 Å². The Bertz CT molecular complexity index is 573. The number of pyridine rings is 1. The molecule has 19 heavy (non-hydrogen) atoms. The van der Waals surface area contributed by atoms with Crippen molar-refractivity contribution in [3.05, 3.63) is 30.3 Å². The number of hydrogen-bond donors (Lipinski definition) is 1. The minimum absolute atomic E-state index is 1.05. The molecule has 1 aliphatic rings. The van der Waals surface area contributed by atoms with Gasteiger partial charge in [-0.3, -0.25) is 0 Å². The Labute approximate surface area is 114 Å². The number of aromatic nitrogens is 1. The monoisotopic (exact) mass is 256 g/mol. The third kappa shape index (κ3) is 2.36. The number of nitrogens with one attached hydrogen (secondary N) is 1. The van der Waals surface area contributed by atoms with Gasteiger partial charge in [0.2, 0.25) is 0 Å². The summed E-state index contributed by atoms with van der Waals surface area (Å²) >= 11 is 0. The highest BCUT2D eigenvalue weighted by Gasteiger charge is 2.16. The molecule has 1 saturated heterocycles. The minimum Gasteiger partial charge on any atom is -0.387 e. The molecule has 0 spiro atoms. The van der Waals surface area contributed by atoms with Crippen molar-refractivity contribution in [2.75, 3.05) is 50.5 Å². The topological polar surface area (TPSA) is 31.4 Å². The number of para-hydroxylation sites is 1. The van der Waals surface area contributed by atoms with E-state index in [9.17, 15) is 0 Å². The number of piperazine rings is 1. The van der Waals surface area contributed by atoms with Gasteiger partial charge in [0.15, 0.2) is 0 Å². The fraction of sp³-hybridized carbons (Fsp3) is 0.400. The van der Waals surface area contributed by atoms with E-state index in [1.54, 1.807) is 0 Å². The van der Waals surface area contributed by atoms with Gasteiger partial charge >= 0.3 is 0 Å². The van der Waals surface area contributed by atoms with Crippen molar-refractivity contribution in [1.82, 2.24) is 9.88 Å². The number of hydrogen-bond acceptors (Lipinski definition) is 4. The van der Waals surface area contributed by atoms with Gasteiger partial charge < -0.3 is 15.1 Å². The summed E-state index contributed by atoms with van der Waals surface area (Å²) in [6, 6.07) is 10.5. The number of nitrogens with zero attached hydrogens (tertiary/aromatic N) is 3. The van der Waals surface area contributed by atoms with E-state index in [4.69, 9.17) is 4.98 Å². The molecule has 2 aromatic rings. The van der Waals surface area contributed by atoms with E-state index in [0.717, 1.165) is 43.2 Å². The molecule has 0 aliphatic carbocycles. The molecule has 0 amide bonds. The van der Waals surface area contributed by atoms with Gasteiger partial charge in [0, 0.05) is 50.4 Å². The number of likely N-dealkylation sites (N-methyl/N-ethyl adjacent to an activating group) is 1. The van der Waals surface area contributed by atoms with Crippen LogP contribution in [0.25, 0.3) is 10.9 Å². The van der Waals surface area contributed by atoms with E-state index in [-0.39, 0.29) is 0 Å². The van der Waals surface area contributed by atoms with Crippen LogP contribution in [-0.2, 0) is 0 Å². The molecule has 2 heterocycles. The number of rotatable bonds is 2. The molecule has 1 fully saturated rings. The first-order valence-electron chi connectivity index (χ1n) is 6.79. The second-order valence-corrected chi connectivity index (χ2v) is 5.09. The molecule has 4 nitrogen and oxygen atoms in total. The Balaban J connectivity index is 2.00. The summed E-state index contributed by atoms with van der Waals surface area (Å²) in [5, 5.41) is 4.46. The summed E-state index contributed by atoms with van der Waals surface area (Å²) in [4.78, 5) is 9.53. The first-order valence-corrected chi connectivity index (χ1v) is 6.79. The zero-order chi connectivity index (χ0) is 13.2. The van der Waals surface area contributed by atoms with Crippen molar-refractivity contribution in [2.45, 2.75) is 0 Å². The second kappa shape index (κ2) is 5.05. The maximum Gasteiger partial charge on any atom is 0.131 e. The van der Waals surface area contributed by atoms with Gasteiger partial charge in [-0.2, -0.15) is 0 Å². The Morgan fingerprint density at radius 1 is 1.11 bits per heavy atom. The van der Waals surface area contributed by atoms with Gasteiger partial charge in [0.25, 0.3) is 0 Å². The van der Waals surface area contributed by atoms with Crippen LogP contribution in [0.1, 0.15) is 0 Å². The molecule has 1 aliphatic heterocycles. The molecule has 3 rings (SSSR count). The molecule has 4 heteroatoms. The Hall–Kier alpha value is -1.81. The molecule has 100 valence electrons. The molecular weight excluding hydrogens is 236 g/mol. The molecule has 0 radical (unpaired) electrons. The predicted molar refractivity (Wildman–Crippen MR) is 81.0 cm³/mol. The zero-order valence-electron chi connectivity index (χ0n) is 11.6. The highest BCUT2D eigenvalue weighted by atomic mass is 15.3. The molecule has 0 bridgehead atoms. The SMILES string of the molecule is CNc1cc(N2CCN(C)CC2)nc2ccccc12. The summed E-state index contributed by atoms with van der Waals surface area (Å²) in [7, 11) is 4.14. The molecule has 1 aromatic heterocycles. The average Bonchev–Trinajstić information content (AvgIpc) is 2.47. The summed E-state index contributed by atoms with van der Waals surface area (Å²) < 4.78 is 0. The van der Waals surface area contributed by atoms with E-state index in [0.29, 0.717) is 0 Å². The van der Waals surface area contributed by atoms with Crippen LogP contribution in [0.5, 0.6) is 0 Å². The summed E-state index contributed by atoms with van der Waals surface area (Å²) in [5.74, 6) is 1.08. The van der Waals surface area contributed by atoms with Crippen molar-refractivity contribution >= 4 is 22.4 Å². The van der Waals surface area contributed by atoms with Gasteiger partial charge in [0.05, 0.1) is 5.52 Å². The lowest BCUT2D eigenvalue weighted by atomic mass is 10.1. The zero-order valence-corrected chi connectivity index (χ0v) is 11.6. The number of fused-ring (bicyclic) bond motifs is 1. The van der Waals surface area contributed by atoms with Gasteiger partial charge in [-0.1, -0.05) is 18.2 Å². The van der Waals surface area contributed by atoms with Crippen molar-refractivity contribution in [3.8, 4) is 0 Å². The largest absolute Gasteiger partial charge is 0.387 e. The first kappa shape index (κ1) is 12.2. The molecule has 1 N–H and O–H groups in total. The van der Waals surface area contributed by atoms with Crippen LogP contribution in [0.15, 0.2) is 30.3 Å². The van der Waals surface area contributed by atoms with Crippen molar-refractivity contribution in [3.63, 3.8) is 0 Å².